The van der Waals surface area contributed by atoms with Gasteiger partial charge in [0, 0.05) is 23.8 Å². The van der Waals surface area contributed by atoms with Crippen molar-refractivity contribution in [3.8, 4) is 17.0 Å². The van der Waals surface area contributed by atoms with Crippen molar-refractivity contribution in [1.82, 2.24) is 29.9 Å². The summed E-state index contributed by atoms with van der Waals surface area (Å²) < 4.78 is 7.24. The maximum absolute atomic E-state index is 5.38. The van der Waals surface area contributed by atoms with Crippen molar-refractivity contribution >= 4 is 22.4 Å². The molecule has 142 valence electrons. The van der Waals surface area contributed by atoms with Crippen LogP contribution in [0.2, 0.25) is 0 Å². The van der Waals surface area contributed by atoms with E-state index in [1.807, 2.05) is 48.2 Å². The Balaban J connectivity index is 1.47. The summed E-state index contributed by atoms with van der Waals surface area (Å²) in [5.41, 5.74) is 3.89. The fourth-order valence-electron chi connectivity index (χ4n) is 3.73. The molecule has 1 aromatic carbocycles. The molecule has 1 fully saturated rings. The number of ether oxygens (including phenoxy) is 1. The van der Waals surface area contributed by atoms with Gasteiger partial charge in [0.2, 0.25) is 11.8 Å². The number of nitrogens with one attached hydrogen (secondary N) is 2. The molecule has 0 atom stereocenters. The average molecular weight is 375 g/mol. The molecule has 1 saturated carbocycles. The van der Waals surface area contributed by atoms with Crippen LogP contribution in [-0.4, -0.2) is 50.8 Å². The third kappa shape index (κ3) is 2.82. The lowest BCUT2D eigenvalue weighted by atomic mass is 9.87. The van der Waals surface area contributed by atoms with Crippen LogP contribution in [0.3, 0.4) is 0 Å². The molecule has 4 aromatic rings. The molecule has 28 heavy (non-hydrogen) atoms. The summed E-state index contributed by atoms with van der Waals surface area (Å²) in [5, 5.41) is 12.2. The number of hydrogen-bond donors (Lipinski definition) is 2. The Hall–Kier alpha value is -3.26. The van der Waals surface area contributed by atoms with Gasteiger partial charge >= 0.3 is 0 Å². The molecule has 0 bridgehead atoms. The minimum atomic E-state index is 0.429. The molecule has 0 aliphatic heterocycles. The van der Waals surface area contributed by atoms with E-state index in [-0.39, 0.29) is 0 Å². The SMILES string of the molecule is CN[C@H]1C[C@H](Nc2ncc3c(-c4ccc5ncnc(OC)c5c4)ccn3n2)C1. The highest BCUT2D eigenvalue weighted by molar-refractivity contribution is 5.91. The number of aromatic nitrogens is 5. The zero-order valence-corrected chi connectivity index (χ0v) is 15.8. The first-order valence-electron chi connectivity index (χ1n) is 9.32. The molecule has 8 heteroatoms. The zero-order valence-electron chi connectivity index (χ0n) is 15.8. The van der Waals surface area contributed by atoms with Gasteiger partial charge < -0.3 is 15.4 Å². The summed E-state index contributed by atoms with van der Waals surface area (Å²) in [6, 6.07) is 9.13. The maximum atomic E-state index is 5.38. The van der Waals surface area contributed by atoms with Crippen molar-refractivity contribution in [2.75, 3.05) is 19.5 Å². The highest BCUT2D eigenvalue weighted by Gasteiger charge is 2.28. The second kappa shape index (κ2) is 6.72. The van der Waals surface area contributed by atoms with Crippen LogP contribution in [0.1, 0.15) is 12.8 Å². The van der Waals surface area contributed by atoms with Gasteiger partial charge in [0.25, 0.3) is 0 Å². The van der Waals surface area contributed by atoms with Crippen LogP contribution in [-0.2, 0) is 0 Å². The van der Waals surface area contributed by atoms with Crippen molar-refractivity contribution in [2.24, 2.45) is 0 Å². The summed E-state index contributed by atoms with van der Waals surface area (Å²) in [6.07, 6.45) is 7.52. The van der Waals surface area contributed by atoms with Gasteiger partial charge in [-0.25, -0.2) is 19.5 Å². The van der Waals surface area contributed by atoms with E-state index in [1.54, 1.807) is 7.11 Å². The lowest BCUT2D eigenvalue weighted by Crippen LogP contribution is -2.46. The minimum absolute atomic E-state index is 0.429. The van der Waals surface area contributed by atoms with Gasteiger partial charge in [0.15, 0.2) is 0 Å². The summed E-state index contributed by atoms with van der Waals surface area (Å²) in [4.78, 5) is 13.0. The van der Waals surface area contributed by atoms with Gasteiger partial charge in [-0.2, -0.15) is 0 Å². The lowest BCUT2D eigenvalue weighted by Gasteiger charge is -2.35. The molecule has 0 saturated heterocycles. The monoisotopic (exact) mass is 375 g/mol. The minimum Gasteiger partial charge on any atom is -0.480 e. The zero-order chi connectivity index (χ0) is 19.1. The van der Waals surface area contributed by atoms with E-state index in [4.69, 9.17) is 4.74 Å². The van der Waals surface area contributed by atoms with Crippen molar-refractivity contribution < 1.29 is 4.74 Å². The first kappa shape index (κ1) is 16.9. The van der Waals surface area contributed by atoms with Crippen LogP contribution < -0.4 is 15.4 Å². The van der Waals surface area contributed by atoms with Crippen LogP contribution in [0.15, 0.2) is 43.0 Å². The Morgan fingerprint density at radius 3 is 2.82 bits per heavy atom. The Morgan fingerprint density at radius 1 is 1.11 bits per heavy atom. The second-order valence-electron chi connectivity index (χ2n) is 7.05. The van der Waals surface area contributed by atoms with E-state index in [0.717, 1.165) is 40.4 Å². The molecule has 1 aliphatic carbocycles. The van der Waals surface area contributed by atoms with Crippen molar-refractivity contribution in [1.29, 1.82) is 0 Å². The first-order chi connectivity index (χ1) is 13.7. The normalized spacial score (nSPS) is 18.9. The van der Waals surface area contributed by atoms with E-state index < -0.39 is 0 Å². The molecule has 3 heterocycles. The molecular weight excluding hydrogens is 354 g/mol. The summed E-state index contributed by atoms with van der Waals surface area (Å²) in [7, 11) is 3.62. The average Bonchev–Trinajstić information content (AvgIpc) is 3.12. The predicted molar refractivity (Wildman–Crippen MR) is 108 cm³/mol. The molecule has 0 amide bonds. The Bertz CT molecular complexity index is 1150. The van der Waals surface area contributed by atoms with Crippen molar-refractivity contribution in [3.05, 3.63) is 43.0 Å². The van der Waals surface area contributed by atoms with Crippen LogP contribution in [0.4, 0.5) is 5.95 Å². The number of anilines is 1. The molecule has 0 spiro atoms. The number of methoxy groups -OCH3 is 1. The number of fused-ring (bicyclic) bond motifs is 2. The van der Waals surface area contributed by atoms with E-state index in [2.05, 4.69) is 30.7 Å². The van der Waals surface area contributed by atoms with E-state index >= 15 is 0 Å². The topological polar surface area (TPSA) is 89.3 Å². The molecule has 0 unspecified atom stereocenters. The number of benzene rings is 1. The third-order valence-corrected chi connectivity index (χ3v) is 5.40. The summed E-state index contributed by atoms with van der Waals surface area (Å²) in [6.45, 7) is 0. The molecule has 2 N–H and O–H groups in total. The number of nitrogens with zero attached hydrogens (tertiary/aromatic N) is 5. The summed E-state index contributed by atoms with van der Waals surface area (Å²) in [5.74, 6) is 1.22. The molecule has 0 radical (unpaired) electrons. The lowest BCUT2D eigenvalue weighted by molar-refractivity contribution is 0.325. The van der Waals surface area contributed by atoms with Crippen LogP contribution >= 0.6 is 0 Å². The fourth-order valence-corrected chi connectivity index (χ4v) is 3.73. The second-order valence-corrected chi connectivity index (χ2v) is 7.05. The van der Waals surface area contributed by atoms with Gasteiger partial charge in [0.05, 0.1) is 29.7 Å². The Morgan fingerprint density at radius 2 is 2.00 bits per heavy atom. The van der Waals surface area contributed by atoms with E-state index in [9.17, 15) is 0 Å². The smallest absolute Gasteiger partial charge is 0.241 e. The third-order valence-electron chi connectivity index (χ3n) is 5.40. The van der Waals surface area contributed by atoms with Gasteiger partial charge in [0.1, 0.15) is 6.33 Å². The number of hydrogen-bond acceptors (Lipinski definition) is 7. The van der Waals surface area contributed by atoms with E-state index in [0.29, 0.717) is 23.9 Å². The highest BCUT2D eigenvalue weighted by atomic mass is 16.5. The highest BCUT2D eigenvalue weighted by Crippen LogP contribution is 2.31. The predicted octanol–water partition coefficient (Wildman–Crippen LogP) is 2.51. The quantitative estimate of drug-likeness (QED) is 0.554. The van der Waals surface area contributed by atoms with Gasteiger partial charge in [-0.1, -0.05) is 6.07 Å². The van der Waals surface area contributed by atoms with Crippen molar-refractivity contribution in [3.63, 3.8) is 0 Å². The van der Waals surface area contributed by atoms with Crippen LogP contribution in [0.25, 0.3) is 27.5 Å². The molecule has 1 aliphatic rings. The molecule has 3 aromatic heterocycles. The summed E-state index contributed by atoms with van der Waals surface area (Å²) >= 11 is 0. The first-order valence-corrected chi connectivity index (χ1v) is 9.32. The maximum Gasteiger partial charge on any atom is 0.241 e. The Kier molecular flexibility index (Phi) is 4.05. The van der Waals surface area contributed by atoms with E-state index in [1.165, 1.54) is 6.33 Å². The number of rotatable bonds is 5. The molecular formula is C20H21N7O. The van der Waals surface area contributed by atoms with Crippen LogP contribution in [0, 0.1) is 0 Å². The molecule has 8 nitrogen and oxygen atoms in total. The van der Waals surface area contributed by atoms with Gasteiger partial charge in [-0.15, -0.1) is 5.10 Å². The Labute approximate surface area is 162 Å². The van der Waals surface area contributed by atoms with Gasteiger partial charge in [-0.3, -0.25) is 0 Å². The van der Waals surface area contributed by atoms with Crippen molar-refractivity contribution in [2.45, 2.75) is 24.9 Å². The standard InChI is InChI=1S/C20H21N7O/c1-21-13-8-14(9-13)25-20-22-10-18-15(5-6-27(18)26-20)12-3-4-17-16(7-12)19(28-2)24-11-23-17/h3-7,10-11,13-14,21H,8-9H2,1-2H3,(H,25,26)/t13-,14-. The molecule has 5 rings (SSSR count). The largest absolute Gasteiger partial charge is 0.480 e. The fraction of sp³-hybridized carbons (Fsp3) is 0.300. The van der Waals surface area contributed by atoms with Crippen LogP contribution in [0.5, 0.6) is 5.88 Å². The van der Waals surface area contributed by atoms with Gasteiger partial charge in [-0.05, 0) is 43.7 Å².